The zero-order valence-corrected chi connectivity index (χ0v) is 10.7. The molecule has 0 amide bonds. The van der Waals surface area contributed by atoms with Gasteiger partial charge in [-0.3, -0.25) is 0 Å². The first-order valence-corrected chi connectivity index (χ1v) is 5.85. The van der Waals surface area contributed by atoms with E-state index in [2.05, 4.69) is 10.1 Å². The first-order chi connectivity index (χ1) is 9.08. The van der Waals surface area contributed by atoms with Crippen molar-refractivity contribution >= 4 is 5.97 Å². The quantitative estimate of drug-likeness (QED) is 0.890. The number of carbonyl (C=O) groups is 1. The fourth-order valence-corrected chi connectivity index (χ4v) is 1.47. The van der Waals surface area contributed by atoms with Gasteiger partial charge in [-0.15, -0.1) is 0 Å². The summed E-state index contributed by atoms with van der Waals surface area (Å²) in [7, 11) is 0. The number of ether oxygens (including phenoxy) is 1. The fraction of sp³-hybridized carbons (Fsp3) is 0.308. The van der Waals surface area contributed by atoms with E-state index in [4.69, 9.17) is 14.4 Å². The highest BCUT2D eigenvalue weighted by atomic mass is 16.5. The average Bonchev–Trinajstić information content (AvgIpc) is 2.85. The van der Waals surface area contributed by atoms with Crippen LogP contribution in [0.15, 0.2) is 28.8 Å². The maximum atomic E-state index is 11.0. The molecule has 0 aliphatic heterocycles. The molecular formula is C13H14N2O4. The van der Waals surface area contributed by atoms with Gasteiger partial charge >= 0.3 is 5.97 Å². The number of hydrogen-bond acceptors (Lipinski definition) is 5. The van der Waals surface area contributed by atoms with Crippen LogP contribution in [-0.2, 0) is 6.61 Å². The Morgan fingerprint density at radius 3 is 2.79 bits per heavy atom. The van der Waals surface area contributed by atoms with Gasteiger partial charge in [-0.1, -0.05) is 31.1 Å². The third kappa shape index (κ3) is 3.09. The number of carboxylic acids is 1. The van der Waals surface area contributed by atoms with Crippen LogP contribution in [0.5, 0.6) is 5.75 Å². The molecule has 6 heteroatoms. The van der Waals surface area contributed by atoms with Crippen LogP contribution in [0.25, 0.3) is 0 Å². The minimum atomic E-state index is -1.04. The van der Waals surface area contributed by atoms with Crippen LogP contribution < -0.4 is 4.74 Å². The van der Waals surface area contributed by atoms with Gasteiger partial charge in [0.05, 0.1) is 0 Å². The lowest BCUT2D eigenvalue weighted by molar-refractivity contribution is 0.0691. The summed E-state index contributed by atoms with van der Waals surface area (Å²) in [5.74, 6) is 0.334. The van der Waals surface area contributed by atoms with E-state index in [1.165, 1.54) is 6.07 Å². The van der Waals surface area contributed by atoms with E-state index in [0.717, 1.165) is 0 Å². The third-order valence-corrected chi connectivity index (χ3v) is 2.47. The van der Waals surface area contributed by atoms with Crippen LogP contribution in [0.1, 0.15) is 41.8 Å². The summed E-state index contributed by atoms with van der Waals surface area (Å²) in [5, 5.41) is 12.8. The molecule has 1 N–H and O–H groups in total. The summed E-state index contributed by atoms with van der Waals surface area (Å²) in [6, 6.07) is 6.41. The van der Waals surface area contributed by atoms with E-state index >= 15 is 0 Å². The summed E-state index contributed by atoms with van der Waals surface area (Å²) in [4.78, 5) is 15.1. The second-order valence-corrected chi connectivity index (χ2v) is 4.29. The maximum absolute atomic E-state index is 11.0. The molecule has 1 heterocycles. The number of benzene rings is 1. The fourth-order valence-electron chi connectivity index (χ4n) is 1.47. The highest BCUT2D eigenvalue weighted by molar-refractivity contribution is 5.90. The molecule has 0 fully saturated rings. The lowest BCUT2D eigenvalue weighted by Gasteiger charge is -2.06. The molecule has 0 aliphatic rings. The number of rotatable bonds is 5. The molecule has 100 valence electrons. The Kier molecular flexibility index (Phi) is 3.79. The second kappa shape index (κ2) is 5.51. The normalized spacial score (nSPS) is 10.7. The standard InChI is InChI=1S/C13H14N2O4/c1-8(2)12-14-11(19-15-12)7-18-10-6-4-3-5-9(10)13(16)17/h3-6,8H,7H2,1-2H3,(H,16,17). The smallest absolute Gasteiger partial charge is 0.339 e. The average molecular weight is 262 g/mol. The van der Waals surface area contributed by atoms with Gasteiger partial charge in [-0.05, 0) is 12.1 Å². The lowest BCUT2D eigenvalue weighted by Crippen LogP contribution is -2.03. The molecule has 0 atom stereocenters. The van der Waals surface area contributed by atoms with E-state index in [0.29, 0.717) is 11.7 Å². The number of hydrogen-bond donors (Lipinski definition) is 1. The highest BCUT2D eigenvalue weighted by Gasteiger charge is 2.13. The molecule has 0 radical (unpaired) electrons. The highest BCUT2D eigenvalue weighted by Crippen LogP contribution is 2.19. The Morgan fingerprint density at radius 2 is 2.16 bits per heavy atom. The van der Waals surface area contributed by atoms with Crippen LogP contribution in [0, 0.1) is 0 Å². The predicted octanol–water partition coefficient (Wildman–Crippen LogP) is 2.47. The zero-order valence-electron chi connectivity index (χ0n) is 10.7. The van der Waals surface area contributed by atoms with Crippen LogP contribution in [0.2, 0.25) is 0 Å². The lowest BCUT2D eigenvalue weighted by atomic mass is 10.2. The van der Waals surface area contributed by atoms with Crippen molar-refractivity contribution in [3.63, 3.8) is 0 Å². The zero-order chi connectivity index (χ0) is 13.8. The van der Waals surface area contributed by atoms with Crippen LogP contribution in [-0.4, -0.2) is 21.2 Å². The Labute approximate surface area is 110 Å². The Morgan fingerprint density at radius 1 is 1.42 bits per heavy atom. The van der Waals surface area contributed by atoms with Gasteiger partial charge in [0.2, 0.25) is 0 Å². The van der Waals surface area contributed by atoms with Crippen molar-refractivity contribution in [2.75, 3.05) is 0 Å². The van der Waals surface area contributed by atoms with Crippen molar-refractivity contribution < 1.29 is 19.2 Å². The van der Waals surface area contributed by atoms with E-state index in [-0.39, 0.29) is 23.8 Å². The topological polar surface area (TPSA) is 85.5 Å². The molecule has 0 spiro atoms. The summed E-state index contributed by atoms with van der Waals surface area (Å²) in [5.41, 5.74) is 0.103. The van der Waals surface area contributed by atoms with Crippen molar-refractivity contribution in [3.05, 3.63) is 41.5 Å². The first kappa shape index (κ1) is 13.1. The summed E-state index contributed by atoms with van der Waals surface area (Å²) < 4.78 is 10.4. The van der Waals surface area contributed by atoms with Crippen molar-refractivity contribution in [3.8, 4) is 5.75 Å². The number of aromatic carboxylic acids is 1. The van der Waals surface area contributed by atoms with E-state index < -0.39 is 5.97 Å². The molecule has 2 rings (SSSR count). The van der Waals surface area contributed by atoms with Crippen molar-refractivity contribution in [1.29, 1.82) is 0 Å². The molecule has 1 aromatic carbocycles. The number of nitrogens with zero attached hydrogens (tertiary/aromatic N) is 2. The first-order valence-electron chi connectivity index (χ1n) is 5.85. The SMILES string of the molecule is CC(C)c1noc(COc2ccccc2C(=O)O)n1. The van der Waals surface area contributed by atoms with Gasteiger partial charge in [0.1, 0.15) is 11.3 Å². The van der Waals surface area contributed by atoms with Gasteiger partial charge in [-0.25, -0.2) is 4.79 Å². The molecule has 6 nitrogen and oxygen atoms in total. The van der Waals surface area contributed by atoms with E-state index in [9.17, 15) is 4.79 Å². The largest absolute Gasteiger partial charge is 0.483 e. The van der Waals surface area contributed by atoms with E-state index in [1.807, 2.05) is 13.8 Å². The Bertz CT molecular complexity index is 578. The monoisotopic (exact) mass is 262 g/mol. The van der Waals surface area contributed by atoms with Crippen molar-refractivity contribution in [2.24, 2.45) is 0 Å². The number of para-hydroxylation sites is 1. The molecule has 0 aliphatic carbocycles. The van der Waals surface area contributed by atoms with Crippen LogP contribution in [0.4, 0.5) is 0 Å². The van der Waals surface area contributed by atoms with Gasteiger partial charge in [0.15, 0.2) is 12.4 Å². The van der Waals surface area contributed by atoms with Gasteiger partial charge < -0.3 is 14.4 Å². The molecule has 0 saturated carbocycles. The van der Waals surface area contributed by atoms with Gasteiger partial charge in [0.25, 0.3) is 5.89 Å². The molecule has 0 bridgehead atoms. The Hall–Kier alpha value is -2.37. The minimum absolute atomic E-state index is 0.0456. The van der Waals surface area contributed by atoms with Crippen LogP contribution >= 0.6 is 0 Å². The summed E-state index contributed by atoms with van der Waals surface area (Å²) >= 11 is 0. The molecule has 1 aromatic heterocycles. The summed E-state index contributed by atoms with van der Waals surface area (Å²) in [6.45, 7) is 3.95. The molecule has 19 heavy (non-hydrogen) atoms. The molecule has 0 saturated heterocycles. The number of aromatic nitrogens is 2. The van der Waals surface area contributed by atoms with Gasteiger partial charge in [-0.2, -0.15) is 4.98 Å². The molecule has 0 unspecified atom stereocenters. The van der Waals surface area contributed by atoms with E-state index in [1.54, 1.807) is 18.2 Å². The predicted molar refractivity (Wildman–Crippen MR) is 66.1 cm³/mol. The van der Waals surface area contributed by atoms with Crippen molar-refractivity contribution in [2.45, 2.75) is 26.4 Å². The third-order valence-electron chi connectivity index (χ3n) is 2.47. The van der Waals surface area contributed by atoms with Crippen molar-refractivity contribution in [1.82, 2.24) is 10.1 Å². The maximum Gasteiger partial charge on any atom is 0.339 e. The summed E-state index contributed by atoms with van der Waals surface area (Å²) in [6.07, 6.45) is 0. The molecular weight excluding hydrogens is 248 g/mol. The second-order valence-electron chi connectivity index (χ2n) is 4.29. The van der Waals surface area contributed by atoms with Gasteiger partial charge in [0, 0.05) is 5.92 Å². The molecule has 2 aromatic rings. The number of carboxylic acid groups (broad SMARTS) is 1. The Balaban J connectivity index is 2.08. The minimum Gasteiger partial charge on any atom is -0.483 e. The van der Waals surface area contributed by atoms with Crippen LogP contribution in [0.3, 0.4) is 0 Å².